The molecule has 1 heterocycles. The molecular weight excluding hydrogens is 314 g/mol. The molecule has 21 heavy (non-hydrogen) atoms. The molecule has 0 aliphatic carbocycles. The Bertz CT molecular complexity index is 791. The van der Waals surface area contributed by atoms with E-state index in [0.717, 1.165) is 5.56 Å². The van der Waals surface area contributed by atoms with E-state index in [-0.39, 0.29) is 20.5 Å². The van der Waals surface area contributed by atoms with Gasteiger partial charge >= 0.3 is 0 Å². The molecule has 0 bridgehead atoms. The first-order chi connectivity index (χ1) is 10.0. The Morgan fingerprint density at radius 1 is 0.952 bits per heavy atom. The third kappa shape index (κ3) is 2.08. The van der Waals surface area contributed by atoms with Crippen LogP contribution in [0.5, 0.6) is 0 Å². The Morgan fingerprint density at radius 3 is 2.19 bits per heavy atom. The van der Waals surface area contributed by atoms with Crippen LogP contribution in [0.4, 0.5) is 0 Å². The summed E-state index contributed by atoms with van der Waals surface area (Å²) in [7, 11) is 0. The number of rotatable bonds is 2. The van der Waals surface area contributed by atoms with Crippen molar-refractivity contribution in [2.75, 3.05) is 0 Å². The van der Waals surface area contributed by atoms with Gasteiger partial charge in [-0.05, 0) is 11.6 Å². The van der Waals surface area contributed by atoms with Crippen LogP contribution in [-0.2, 0) is 11.3 Å². The van der Waals surface area contributed by atoms with Gasteiger partial charge in [-0.2, -0.15) is 4.31 Å². The summed E-state index contributed by atoms with van der Waals surface area (Å²) in [5, 5.41) is 0.0741. The second-order valence-corrected chi connectivity index (χ2v) is 5.51. The van der Waals surface area contributed by atoms with Crippen molar-refractivity contribution in [2.24, 2.45) is 0 Å². The average Bonchev–Trinajstić information content (AvgIpc) is 2.72. The van der Waals surface area contributed by atoms with Gasteiger partial charge < -0.3 is 4.55 Å². The van der Waals surface area contributed by atoms with E-state index in [4.69, 9.17) is 11.6 Å². The van der Waals surface area contributed by atoms with E-state index in [1.165, 1.54) is 6.07 Å². The predicted octanol–water partition coefficient (Wildman–Crippen LogP) is 2.40. The maximum absolute atomic E-state index is 12.1. The van der Waals surface area contributed by atoms with Gasteiger partial charge in [0.05, 0.1) is 27.4 Å². The lowest BCUT2D eigenvalue weighted by Gasteiger charge is -2.15. The highest BCUT2D eigenvalue weighted by Gasteiger charge is 2.39. The summed E-state index contributed by atoms with van der Waals surface area (Å²) in [6.07, 6.45) is 0. The molecule has 0 spiro atoms. The van der Waals surface area contributed by atoms with Crippen molar-refractivity contribution in [1.82, 2.24) is 4.31 Å². The fraction of sp³-hybridized carbons (Fsp3) is 0. The Morgan fingerprint density at radius 2 is 1.57 bits per heavy atom. The first kappa shape index (κ1) is 13.9. The largest absolute Gasteiger partial charge is 0.755 e. The van der Waals surface area contributed by atoms with Crippen molar-refractivity contribution in [3.05, 3.63) is 58.6 Å². The first-order valence-corrected chi connectivity index (χ1v) is 7.29. The average molecular weight is 321 g/mol. The number of fused-ring (bicyclic) bond motifs is 1. The number of halogens is 1. The lowest BCUT2D eigenvalue weighted by molar-refractivity contribution is 0.0763. The van der Waals surface area contributed by atoms with Crippen LogP contribution in [0.2, 0.25) is 5.02 Å². The number of imide groups is 1. The zero-order chi connectivity index (χ0) is 15.1. The molecule has 5 nitrogen and oxygen atoms in total. The van der Waals surface area contributed by atoms with Crippen molar-refractivity contribution in [2.45, 2.75) is 0 Å². The zero-order valence-electron chi connectivity index (χ0n) is 10.4. The molecule has 0 saturated heterocycles. The first-order valence-electron chi connectivity index (χ1n) is 5.88. The second-order valence-electron chi connectivity index (χ2n) is 4.34. The molecule has 0 saturated carbocycles. The van der Waals surface area contributed by atoms with E-state index >= 15 is 0 Å². The minimum Gasteiger partial charge on any atom is -0.755 e. The second kappa shape index (κ2) is 5.07. The molecule has 0 radical (unpaired) electrons. The van der Waals surface area contributed by atoms with E-state index in [1.54, 1.807) is 18.2 Å². The van der Waals surface area contributed by atoms with E-state index in [1.807, 2.05) is 18.2 Å². The SMILES string of the molecule is O=C1c2ccc(-c3ccccc3)c(Cl)c2C(=O)N1S(=O)[O-]. The molecule has 2 aromatic rings. The van der Waals surface area contributed by atoms with E-state index in [2.05, 4.69) is 0 Å². The molecule has 2 amide bonds. The molecule has 7 heteroatoms. The summed E-state index contributed by atoms with van der Waals surface area (Å²) in [4.78, 5) is 24.0. The zero-order valence-corrected chi connectivity index (χ0v) is 12.0. The summed E-state index contributed by atoms with van der Waals surface area (Å²) < 4.78 is 22.2. The smallest absolute Gasteiger partial charge is 0.274 e. The van der Waals surface area contributed by atoms with Gasteiger partial charge in [0.25, 0.3) is 11.8 Å². The van der Waals surface area contributed by atoms with Gasteiger partial charge in [0.2, 0.25) is 0 Å². The highest BCUT2D eigenvalue weighted by Crippen LogP contribution is 2.37. The molecule has 2 aromatic carbocycles. The van der Waals surface area contributed by atoms with Gasteiger partial charge in [0.1, 0.15) is 0 Å². The van der Waals surface area contributed by atoms with Crippen molar-refractivity contribution in [3.63, 3.8) is 0 Å². The molecule has 1 aliphatic rings. The topological polar surface area (TPSA) is 77.5 Å². The molecule has 1 aliphatic heterocycles. The molecule has 0 N–H and O–H groups in total. The Balaban J connectivity index is 2.21. The summed E-state index contributed by atoms with van der Waals surface area (Å²) >= 11 is 3.26. The highest BCUT2D eigenvalue weighted by molar-refractivity contribution is 7.78. The van der Waals surface area contributed by atoms with Crippen LogP contribution < -0.4 is 0 Å². The third-order valence-electron chi connectivity index (χ3n) is 3.19. The van der Waals surface area contributed by atoms with Crippen LogP contribution in [0.3, 0.4) is 0 Å². The molecule has 3 rings (SSSR count). The molecule has 0 aromatic heterocycles. The van der Waals surface area contributed by atoms with Crippen molar-refractivity contribution >= 4 is 34.7 Å². The quantitative estimate of drug-likeness (QED) is 0.629. The van der Waals surface area contributed by atoms with Crippen molar-refractivity contribution in [3.8, 4) is 11.1 Å². The fourth-order valence-corrected chi connectivity index (χ4v) is 3.06. The Hall–Kier alpha value is -2.02. The predicted molar refractivity (Wildman–Crippen MR) is 76.3 cm³/mol. The number of carbonyl (C=O) groups is 2. The molecular formula is C14H7ClNO4S-. The number of benzene rings is 2. The summed E-state index contributed by atoms with van der Waals surface area (Å²) in [6, 6.07) is 12.1. The summed E-state index contributed by atoms with van der Waals surface area (Å²) in [6.45, 7) is 0. The molecule has 1 atom stereocenters. The van der Waals surface area contributed by atoms with Crippen LogP contribution in [-0.4, -0.2) is 24.9 Å². The van der Waals surface area contributed by atoms with Gasteiger partial charge in [0, 0.05) is 5.56 Å². The van der Waals surface area contributed by atoms with Crippen LogP contribution >= 0.6 is 11.6 Å². The van der Waals surface area contributed by atoms with Gasteiger partial charge in [-0.3, -0.25) is 13.8 Å². The number of amides is 2. The van der Waals surface area contributed by atoms with Crippen LogP contribution in [0.15, 0.2) is 42.5 Å². The third-order valence-corrected chi connectivity index (χ3v) is 4.21. The molecule has 1 unspecified atom stereocenters. The summed E-state index contributed by atoms with van der Waals surface area (Å²) in [5.74, 6) is -1.81. The van der Waals surface area contributed by atoms with Crippen molar-refractivity contribution in [1.29, 1.82) is 0 Å². The summed E-state index contributed by atoms with van der Waals surface area (Å²) in [5.41, 5.74) is 1.25. The van der Waals surface area contributed by atoms with Gasteiger partial charge in [-0.15, -0.1) is 0 Å². The van der Waals surface area contributed by atoms with E-state index in [9.17, 15) is 18.4 Å². The fourth-order valence-electron chi connectivity index (χ4n) is 2.24. The lowest BCUT2D eigenvalue weighted by Crippen LogP contribution is -2.31. The Labute approximate surface area is 127 Å². The van der Waals surface area contributed by atoms with Gasteiger partial charge in [-0.1, -0.05) is 48.0 Å². The number of nitrogens with zero attached hydrogens (tertiary/aromatic N) is 1. The minimum atomic E-state index is -2.96. The monoisotopic (exact) mass is 320 g/mol. The van der Waals surface area contributed by atoms with Crippen LogP contribution in [0, 0.1) is 0 Å². The molecule has 106 valence electrons. The van der Waals surface area contributed by atoms with Gasteiger partial charge in [0.15, 0.2) is 0 Å². The standard InChI is InChI=1S/C14H8ClNO4S/c15-12-9(8-4-2-1-3-5-8)6-7-10-11(12)14(18)16(13(10)17)21(19)20/h1-7H,(H,19,20)/p-1. The maximum Gasteiger partial charge on any atom is 0.274 e. The van der Waals surface area contributed by atoms with E-state index < -0.39 is 23.1 Å². The van der Waals surface area contributed by atoms with Gasteiger partial charge in [-0.25, -0.2) is 0 Å². The number of hydrogen-bond acceptors (Lipinski definition) is 4. The lowest BCUT2D eigenvalue weighted by atomic mass is 10.00. The number of hydrogen-bond donors (Lipinski definition) is 0. The maximum atomic E-state index is 12.1. The Kier molecular flexibility index (Phi) is 3.36. The van der Waals surface area contributed by atoms with E-state index in [0.29, 0.717) is 5.56 Å². The van der Waals surface area contributed by atoms with Crippen molar-refractivity contribution < 1.29 is 18.4 Å². The molecule has 0 fully saturated rings. The van der Waals surface area contributed by atoms with Crippen LogP contribution in [0.25, 0.3) is 11.1 Å². The normalized spacial score (nSPS) is 15.2. The number of carbonyl (C=O) groups excluding carboxylic acids is 2. The minimum absolute atomic E-state index is 0.00567. The van der Waals surface area contributed by atoms with Crippen LogP contribution in [0.1, 0.15) is 20.7 Å². The highest BCUT2D eigenvalue weighted by atomic mass is 35.5.